The van der Waals surface area contributed by atoms with Crippen molar-refractivity contribution >= 4 is 33.2 Å². The number of nitrogens with one attached hydrogen (secondary N) is 2. The smallest absolute Gasteiger partial charge is 0.261 e. The molecule has 3 aromatic carbocycles. The Morgan fingerprint density at radius 2 is 1.77 bits per heavy atom. The molecule has 0 aliphatic rings. The minimum absolute atomic E-state index is 0.132. The summed E-state index contributed by atoms with van der Waals surface area (Å²) in [5, 5.41) is 3.00. The van der Waals surface area contributed by atoms with E-state index in [0.717, 1.165) is 11.1 Å². The van der Waals surface area contributed by atoms with Crippen molar-refractivity contribution in [3.63, 3.8) is 0 Å². The van der Waals surface area contributed by atoms with Gasteiger partial charge in [0.1, 0.15) is 5.75 Å². The third kappa shape index (κ3) is 5.31. The monoisotopic (exact) mass is 444 g/mol. The van der Waals surface area contributed by atoms with Crippen molar-refractivity contribution in [3.05, 3.63) is 88.4 Å². The fourth-order valence-corrected chi connectivity index (χ4v) is 4.01. The van der Waals surface area contributed by atoms with E-state index in [1.54, 1.807) is 19.2 Å². The normalized spacial score (nSPS) is 11.0. The highest BCUT2D eigenvalue weighted by atomic mass is 35.5. The summed E-state index contributed by atoms with van der Waals surface area (Å²) >= 11 is 6.17. The highest BCUT2D eigenvalue weighted by Crippen LogP contribution is 2.23. The predicted molar refractivity (Wildman–Crippen MR) is 118 cm³/mol. The van der Waals surface area contributed by atoms with Gasteiger partial charge in [-0.3, -0.25) is 9.52 Å². The number of amides is 1. The summed E-state index contributed by atoms with van der Waals surface area (Å²) in [5.74, 6) is 0.270. The van der Waals surface area contributed by atoms with Gasteiger partial charge in [-0.15, -0.1) is 0 Å². The van der Waals surface area contributed by atoms with Gasteiger partial charge in [-0.2, -0.15) is 0 Å². The number of hydrogen-bond acceptors (Lipinski definition) is 4. The molecule has 0 unspecified atom stereocenters. The Morgan fingerprint density at radius 1 is 1.03 bits per heavy atom. The Morgan fingerprint density at radius 3 is 2.47 bits per heavy atom. The van der Waals surface area contributed by atoms with Crippen molar-refractivity contribution in [3.8, 4) is 5.75 Å². The lowest BCUT2D eigenvalue weighted by molar-refractivity contribution is 0.0951. The van der Waals surface area contributed by atoms with E-state index in [-0.39, 0.29) is 27.7 Å². The van der Waals surface area contributed by atoms with Crippen LogP contribution in [0.1, 0.15) is 21.5 Å². The summed E-state index contributed by atoms with van der Waals surface area (Å²) in [5.41, 5.74) is 2.22. The van der Waals surface area contributed by atoms with Crippen LogP contribution in [0.2, 0.25) is 5.02 Å². The Balaban J connectivity index is 1.75. The number of carbonyl (C=O) groups is 1. The van der Waals surface area contributed by atoms with Gasteiger partial charge in [0.2, 0.25) is 0 Å². The van der Waals surface area contributed by atoms with E-state index in [9.17, 15) is 13.2 Å². The molecule has 0 saturated carbocycles. The molecule has 6 nitrogen and oxygen atoms in total. The molecule has 8 heteroatoms. The van der Waals surface area contributed by atoms with Gasteiger partial charge in [-0.1, -0.05) is 41.4 Å². The maximum atomic E-state index is 12.6. The SMILES string of the molecule is COc1cccc(CNC(=O)c2cc(NS(=O)(=O)c3ccc(C)cc3)ccc2Cl)c1. The molecule has 0 aliphatic carbocycles. The minimum Gasteiger partial charge on any atom is -0.497 e. The standard InChI is InChI=1S/C22H21ClN2O4S/c1-15-6-9-19(10-7-15)30(27,28)25-17-8-11-21(23)20(13-17)22(26)24-14-16-4-3-5-18(12-16)29-2/h3-13,25H,14H2,1-2H3,(H,24,26). The van der Waals surface area contributed by atoms with Crippen molar-refractivity contribution in [1.29, 1.82) is 0 Å². The average molecular weight is 445 g/mol. The molecule has 0 spiro atoms. The van der Waals surface area contributed by atoms with Crippen LogP contribution in [0, 0.1) is 6.92 Å². The van der Waals surface area contributed by atoms with Gasteiger partial charge in [0, 0.05) is 12.2 Å². The van der Waals surface area contributed by atoms with Gasteiger partial charge >= 0.3 is 0 Å². The molecule has 0 aliphatic heterocycles. The number of anilines is 1. The van der Waals surface area contributed by atoms with Gasteiger partial charge in [-0.05, 0) is 55.0 Å². The number of carbonyl (C=O) groups excluding carboxylic acids is 1. The fourth-order valence-electron chi connectivity index (χ4n) is 2.75. The molecule has 0 aromatic heterocycles. The van der Waals surface area contributed by atoms with Crippen LogP contribution < -0.4 is 14.8 Å². The first kappa shape index (κ1) is 21.7. The lowest BCUT2D eigenvalue weighted by Crippen LogP contribution is -2.23. The molecule has 2 N–H and O–H groups in total. The van der Waals surface area contributed by atoms with Crippen LogP contribution in [0.15, 0.2) is 71.6 Å². The first-order chi connectivity index (χ1) is 14.3. The lowest BCUT2D eigenvalue weighted by Gasteiger charge is -2.12. The molecule has 0 atom stereocenters. The number of sulfonamides is 1. The van der Waals surface area contributed by atoms with Crippen LogP contribution in [0.4, 0.5) is 5.69 Å². The van der Waals surface area contributed by atoms with Crippen LogP contribution in [-0.4, -0.2) is 21.4 Å². The summed E-state index contributed by atoms with van der Waals surface area (Å²) in [6.45, 7) is 2.14. The van der Waals surface area contributed by atoms with Crippen LogP contribution in [-0.2, 0) is 16.6 Å². The average Bonchev–Trinajstić information content (AvgIpc) is 2.73. The number of aryl methyl sites for hydroxylation is 1. The summed E-state index contributed by atoms with van der Waals surface area (Å²) < 4.78 is 32.8. The predicted octanol–water partition coefficient (Wildman–Crippen LogP) is 4.39. The Bertz CT molecular complexity index is 1160. The van der Waals surface area contributed by atoms with Crippen molar-refractivity contribution in [2.24, 2.45) is 0 Å². The van der Waals surface area contributed by atoms with Crippen LogP contribution in [0.25, 0.3) is 0 Å². The third-order valence-electron chi connectivity index (χ3n) is 4.38. The van der Waals surface area contributed by atoms with Gasteiger partial charge < -0.3 is 10.1 Å². The number of benzene rings is 3. The van der Waals surface area contributed by atoms with Gasteiger partial charge in [-0.25, -0.2) is 8.42 Å². The first-order valence-electron chi connectivity index (χ1n) is 9.08. The van der Waals surface area contributed by atoms with E-state index in [0.29, 0.717) is 5.75 Å². The first-order valence-corrected chi connectivity index (χ1v) is 10.9. The zero-order valence-corrected chi connectivity index (χ0v) is 18.0. The summed E-state index contributed by atoms with van der Waals surface area (Å²) in [6, 6.07) is 18.2. The number of halogens is 1. The number of methoxy groups -OCH3 is 1. The third-order valence-corrected chi connectivity index (χ3v) is 6.11. The largest absolute Gasteiger partial charge is 0.497 e. The van der Waals surface area contributed by atoms with Crippen LogP contribution >= 0.6 is 11.6 Å². The minimum atomic E-state index is -3.79. The molecule has 0 heterocycles. The Hall–Kier alpha value is -3.03. The quantitative estimate of drug-likeness (QED) is 0.566. The summed E-state index contributed by atoms with van der Waals surface area (Å²) in [6.07, 6.45) is 0. The molecular weight excluding hydrogens is 424 g/mol. The second-order valence-corrected chi connectivity index (χ2v) is 8.74. The van der Waals surface area contributed by atoms with E-state index in [1.165, 1.54) is 30.3 Å². The van der Waals surface area contributed by atoms with Gasteiger partial charge in [0.25, 0.3) is 15.9 Å². The molecule has 156 valence electrons. The Kier molecular flexibility index (Phi) is 6.64. The molecule has 0 saturated heterocycles. The van der Waals surface area contributed by atoms with Gasteiger partial charge in [0.05, 0.1) is 22.6 Å². The summed E-state index contributed by atoms with van der Waals surface area (Å²) in [4.78, 5) is 12.7. The van der Waals surface area contributed by atoms with E-state index in [2.05, 4.69) is 10.0 Å². The fraction of sp³-hybridized carbons (Fsp3) is 0.136. The van der Waals surface area contributed by atoms with Crippen molar-refractivity contribution in [1.82, 2.24) is 5.32 Å². The maximum Gasteiger partial charge on any atom is 0.261 e. The van der Waals surface area contributed by atoms with E-state index in [4.69, 9.17) is 16.3 Å². The Labute approximate surface area is 180 Å². The molecule has 0 fully saturated rings. The molecule has 0 radical (unpaired) electrons. The molecule has 3 rings (SSSR count). The molecule has 3 aromatic rings. The number of rotatable bonds is 7. The number of hydrogen-bond donors (Lipinski definition) is 2. The highest BCUT2D eigenvalue weighted by Gasteiger charge is 2.17. The van der Waals surface area contributed by atoms with Crippen molar-refractivity contribution in [2.45, 2.75) is 18.4 Å². The second-order valence-electron chi connectivity index (χ2n) is 6.65. The van der Waals surface area contributed by atoms with Crippen LogP contribution in [0.5, 0.6) is 5.75 Å². The lowest BCUT2D eigenvalue weighted by atomic mass is 10.1. The highest BCUT2D eigenvalue weighted by molar-refractivity contribution is 7.92. The molecule has 30 heavy (non-hydrogen) atoms. The van der Waals surface area contributed by atoms with E-state index >= 15 is 0 Å². The van der Waals surface area contributed by atoms with Crippen molar-refractivity contribution in [2.75, 3.05) is 11.8 Å². The van der Waals surface area contributed by atoms with E-state index in [1.807, 2.05) is 31.2 Å². The van der Waals surface area contributed by atoms with Crippen molar-refractivity contribution < 1.29 is 17.9 Å². The molecule has 0 bridgehead atoms. The summed E-state index contributed by atoms with van der Waals surface area (Å²) in [7, 11) is -2.22. The van der Waals surface area contributed by atoms with Gasteiger partial charge in [0.15, 0.2) is 0 Å². The number of ether oxygens (including phenoxy) is 1. The zero-order valence-electron chi connectivity index (χ0n) is 16.5. The van der Waals surface area contributed by atoms with E-state index < -0.39 is 15.9 Å². The molecular formula is C22H21ClN2O4S. The topological polar surface area (TPSA) is 84.5 Å². The zero-order chi connectivity index (χ0) is 21.7. The molecule has 1 amide bonds. The van der Waals surface area contributed by atoms with Crippen LogP contribution in [0.3, 0.4) is 0 Å². The maximum absolute atomic E-state index is 12.6. The second kappa shape index (κ2) is 9.19.